The van der Waals surface area contributed by atoms with Gasteiger partial charge in [0.05, 0.1) is 23.6 Å². The Hall–Kier alpha value is -3.72. The summed E-state index contributed by atoms with van der Waals surface area (Å²) in [5, 5.41) is 9.71. The molecule has 1 atom stereocenters. The van der Waals surface area contributed by atoms with E-state index in [9.17, 15) is 9.59 Å². The van der Waals surface area contributed by atoms with Gasteiger partial charge in [-0.3, -0.25) is 9.78 Å². The zero-order valence-corrected chi connectivity index (χ0v) is 15.4. The van der Waals surface area contributed by atoms with Crippen LogP contribution < -0.4 is 4.90 Å². The Morgan fingerprint density at radius 1 is 1.11 bits per heavy atom. The molecule has 0 radical (unpaired) electrons. The largest absolute Gasteiger partial charge is 0.449 e. The standard InChI is InChI=1S/C22H19N3O3/c1-16(21(26)25(15-7-13-23)18-10-3-2-4-11-18)28-22(27)19-12-5-8-17-9-6-14-24-20(17)19/h2-6,8-12,14,16H,7,15H2,1H3/t16-/m0/s1. The van der Waals surface area contributed by atoms with Crippen molar-refractivity contribution in [1.29, 1.82) is 5.26 Å². The normalized spacial score (nSPS) is 11.4. The van der Waals surface area contributed by atoms with E-state index in [0.29, 0.717) is 16.8 Å². The summed E-state index contributed by atoms with van der Waals surface area (Å²) in [6.45, 7) is 1.75. The van der Waals surface area contributed by atoms with Crippen molar-refractivity contribution < 1.29 is 14.3 Å². The van der Waals surface area contributed by atoms with Crippen molar-refractivity contribution >= 4 is 28.5 Å². The average Bonchev–Trinajstić information content (AvgIpc) is 2.74. The van der Waals surface area contributed by atoms with Crippen LogP contribution in [0.5, 0.6) is 0 Å². The van der Waals surface area contributed by atoms with Crippen molar-refractivity contribution in [1.82, 2.24) is 4.98 Å². The van der Waals surface area contributed by atoms with E-state index in [4.69, 9.17) is 10.00 Å². The first-order valence-corrected chi connectivity index (χ1v) is 8.90. The molecule has 1 amide bonds. The number of benzene rings is 2. The van der Waals surface area contributed by atoms with E-state index >= 15 is 0 Å². The molecule has 0 aliphatic rings. The van der Waals surface area contributed by atoms with E-state index in [2.05, 4.69) is 4.98 Å². The number of esters is 1. The Morgan fingerprint density at radius 3 is 2.61 bits per heavy atom. The van der Waals surface area contributed by atoms with Gasteiger partial charge in [0.1, 0.15) is 0 Å². The fourth-order valence-electron chi connectivity index (χ4n) is 2.90. The number of hydrogen-bond donors (Lipinski definition) is 0. The van der Waals surface area contributed by atoms with Crippen molar-refractivity contribution in [2.45, 2.75) is 19.4 Å². The molecule has 6 heteroatoms. The van der Waals surface area contributed by atoms with Gasteiger partial charge in [-0.15, -0.1) is 0 Å². The van der Waals surface area contributed by atoms with Crippen molar-refractivity contribution in [3.8, 4) is 6.07 Å². The summed E-state index contributed by atoms with van der Waals surface area (Å²) >= 11 is 0. The third-order valence-electron chi connectivity index (χ3n) is 4.27. The quantitative estimate of drug-likeness (QED) is 0.615. The number of para-hydroxylation sites is 2. The second-order valence-electron chi connectivity index (χ2n) is 6.16. The molecule has 0 unspecified atom stereocenters. The Labute approximate surface area is 163 Å². The zero-order valence-electron chi connectivity index (χ0n) is 15.4. The van der Waals surface area contributed by atoms with Crippen LogP contribution in [-0.2, 0) is 9.53 Å². The molecule has 3 rings (SSSR count). The number of carbonyl (C=O) groups is 2. The number of rotatable bonds is 6. The molecule has 2 aromatic carbocycles. The molecular weight excluding hydrogens is 354 g/mol. The lowest BCUT2D eigenvalue weighted by molar-refractivity contribution is -0.126. The summed E-state index contributed by atoms with van der Waals surface area (Å²) in [7, 11) is 0. The van der Waals surface area contributed by atoms with Crippen LogP contribution in [0.1, 0.15) is 23.7 Å². The molecule has 0 bridgehead atoms. The van der Waals surface area contributed by atoms with E-state index in [1.807, 2.05) is 24.3 Å². The highest BCUT2D eigenvalue weighted by atomic mass is 16.5. The minimum absolute atomic E-state index is 0.175. The summed E-state index contributed by atoms with van der Waals surface area (Å²) in [5.74, 6) is -0.999. The number of amides is 1. The van der Waals surface area contributed by atoms with E-state index in [-0.39, 0.29) is 18.9 Å². The van der Waals surface area contributed by atoms with Gasteiger partial charge in [-0.25, -0.2) is 4.79 Å². The van der Waals surface area contributed by atoms with Crippen LogP contribution in [-0.4, -0.2) is 29.5 Å². The maximum absolute atomic E-state index is 12.9. The number of carbonyl (C=O) groups excluding carboxylic acids is 2. The average molecular weight is 373 g/mol. The minimum atomic E-state index is -1.01. The number of ether oxygens (including phenoxy) is 1. The number of hydrogen-bond acceptors (Lipinski definition) is 5. The molecule has 1 aromatic heterocycles. The van der Waals surface area contributed by atoms with Gasteiger partial charge in [0, 0.05) is 23.8 Å². The molecule has 0 saturated carbocycles. The molecule has 3 aromatic rings. The Balaban J connectivity index is 1.80. The van der Waals surface area contributed by atoms with E-state index in [0.717, 1.165) is 5.39 Å². The molecule has 0 N–H and O–H groups in total. The molecule has 0 fully saturated rings. The Bertz CT molecular complexity index is 1020. The van der Waals surface area contributed by atoms with Crippen LogP contribution in [0.4, 0.5) is 5.69 Å². The van der Waals surface area contributed by atoms with Gasteiger partial charge < -0.3 is 9.64 Å². The van der Waals surface area contributed by atoms with Crippen molar-refractivity contribution in [3.63, 3.8) is 0 Å². The molecule has 0 aliphatic carbocycles. The third-order valence-corrected chi connectivity index (χ3v) is 4.27. The van der Waals surface area contributed by atoms with Gasteiger partial charge in [0.2, 0.25) is 0 Å². The second kappa shape index (κ2) is 8.78. The predicted molar refractivity (Wildman–Crippen MR) is 106 cm³/mol. The minimum Gasteiger partial charge on any atom is -0.449 e. The molecule has 0 saturated heterocycles. The topological polar surface area (TPSA) is 83.3 Å². The van der Waals surface area contributed by atoms with E-state index in [1.165, 1.54) is 11.8 Å². The van der Waals surface area contributed by atoms with Crippen LogP contribution >= 0.6 is 0 Å². The SMILES string of the molecule is C[C@H](OC(=O)c1cccc2cccnc12)C(=O)N(CCC#N)c1ccccc1. The molecule has 28 heavy (non-hydrogen) atoms. The maximum Gasteiger partial charge on any atom is 0.341 e. The van der Waals surface area contributed by atoms with Gasteiger partial charge in [-0.05, 0) is 31.2 Å². The van der Waals surface area contributed by atoms with Gasteiger partial charge in [-0.2, -0.15) is 5.26 Å². The maximum atomic E-state index is 12.9. The van der Waals surface area contributed by atoms with Gasteiger partial charge in [0.15, 0.2) is 6.10 Å². The third kappa shape index (κ3) is 4.15. The van der Waals surface area contributed by atoms with Crippen LogP contribution in [0.3, 0.4) is 0 Å². The highest BCUT2D eigenvalue weighted by molar-refractivity contribution is 6.04. The summed E-state index contributed by atoms with van der Waals surface area (Å²) < 4.78 is 5.44. The van der Waals surface area contributed by atoms with Crippen LogP contribution in [0, 0.1) is 11.3 Å². The smallest absolute Gasteiger partial charge is 0.341 e. The van der Waals surface area contributed by atoms with E-state index < -0.39 is 12.1 Å². The predicted octanol–water partition coefficient (Wildman–Crippen LogP) is 3.73. The van der Waals surface area contributed by atoms with Crippen molar-refractivity contribution in [2.24, 2.45) is 0 Å². The summed E-state index contributed by atoms with van der Waals surface area (Å²) in [5.41, 5.74) is 1.48. The van der Waals surface area contributed by atoms with Crippen molar-refractivity contribution in [3.05, 3.63) is 72.4 Å². The zero-order chi connectivity index (χ0) is 19.9. The van der Waals surface area contributed by atoms with Gasteiger partial charge in [0.25, 0.3) is 5.91 Å². The number of aromatic nitrogens is 1. The first-order valence-electron chi connectivity index (χ1n) is 8.90. The summed E-state index contributed by atoms with van der Waals surface area (Å²) in [6, 6.07) is 19.9. The number of nitriles is 1. The first kappa shape index (κ1) is 19.1. The van der Waals surface area contributed by atoms with Crippen molar-refractivity contribution in [2.75, 3.05) is 11.4 Å². The lowest BCUT2D eigenvalue weighted by Crippen LogP contribution is -2.40. The lowest BCUT2D eigenvalue weighted by Gasteiger charge is -2.25. The Morgan fingerprint density at radius 2 is 1.86 bits per heavy atom. The first-order chi connectivity index (χ1) is 13.6. The summed E-state index contributed by atoms with van der Waals surface area (Å²) in [6.07, 6.45) is 0.770. The number of nitrogens with zero attached hydrogens (tertiary/aromatic N) is 3. The highest BCUT2D eigenvalue weighted by Gasteiger charge is 2.26. The fourth-order valence-corrected chi connectivity index (χ4v) is 2.90. The second-order valence-corrected chi connectivity index (χ2v) is 6.16. The van der Waals surface area contributed by atoms with Gasteiger partial charge in [-0.1, -0.05) is 36.4 Å². The van der Waals surface area contributed by atoms with Crippen LogP contribution in [0.15, 0.2) is 66.9 Å². The molecule has 1 heterocycles. The summed E-state index contributed by atoms with van der Waals surface area (Å²) in [4.78, 5) is 31.3. The highest BCUT2D eigenvalue weighted by Crippen LogP contribution is 2.19. The molecule has 140 valence electrons. The molecule has 0 aliphatic heterocycles. The molecule has 0 spiro atoms. The lowest BCUT2D eigenvalue weighted by atomic mass is 10.1. The molecule has 6 nitrogen and oxygen atoms in total. The fraction of sp³-hybridized carbons (Fsp3) is 0.182. The van der Waals surface area contributed by atoms with E-state index in [1.54, 1.807) is 48.7 Å². The van der Waals surface area contributed by atoms with Crippen LogP contribution in [0.2, 0.25) is 0 Å². The Kier molecular flexibility index (Phi) is 5.97. The number of anilines is 1. The monoisotopic (exact) mass is 373 g/mol. The van der Waals surface area contributed by atoms with Gasteiger partial charge >= 0.3 is 5.97 Å². The van der Waals surface area contributed by atoms with Crippen LogP contribution in [0.25, 0.3) is 10.9 Å². The molecular formula is C22H19N3O3. The number of pyridine rings is 1. The number of fused-ring (bicyclic) bond motifs is 1.